The molecule has 1 aliphatic heterocycles. The molecule has 1 aromatic heterocycles. The molecule has 1 unspecified atom stereocenters. The van der Waals surface area contributed by atoms with E-state index in [1.807, 2.05) is 10.8 Å². The van der Waals surface area contributed by atoms with E-state index in [9.17, 15) is 4.79 Å². The number of thiophene rings is 1. The van der Waals surface area contributed by atoms with Gasteiger partial charge in [-0.2, -0.15) is 0 Å². The second kappa shape index (κ2) is 7.53. The minimum absolute atomic E-state index is 0.0196. The minimum atomic E-state index is -0.204. The van der Waals surface area contributed by atoms with Crippen LogP contribution < -0.4 is 9.47 Å². The van der Waals surface area contributed by atoms with Gasteiger partial charge in [-0.3, -0.25) is 4.79 Å². The van der Waals surface area contributed by atoms with Gasteiger partial charge in [-0.25, -0.2) is 0 Å². The molecule has 0 N–H and O–H groups in total. The molecule has 0 amide bonds. The van der Waals surface area contributed by atoms with Gasteiger partial charge in [0.15, 0.2) is 17.6 Å². The molecule has 0 spiro atoms. The topological polar surface area (TPSA) is 44.8 Å². The van der Waals surface area contributed by atoms with Gasteiger partial charge in [0, 0.05) is 10.8 Å². The number of hydrogen-bond acceptors (Lipinski definition) is 5. The molecule has 0 bridgehead atoms. The lowest BCUT2D eigenvalue weighted by atomic mass is 9.99. The van der Waals surface area contributed by atoms with Crippen LogP contribution in [0.25, 0.3) is 0 Å². The second-order valence-electron chi connectivity index (χ2n) is 5.06. The number of carbonyl (C=O) groups is 1. The molecule has 1 aromatic rings. The van der Waals surface area contributed by atoms with E-state index in [1.54, 1.807) is 11.3 Å². The van der Waals surface area contributed by atoms with Crippen molar-refractivity contribution in [1.29, 1.82) is 0 Å². The fourth-order valence-electron chi connectivity index (χ4n) is 2.31. The van der Waals surface area contributed by atoms with Gasteiger partial charge in [-0.15, -0.1) is 11.3 Å². The second-order valence-corrected chi connectivity index (χ2v) is 5.80. The fourth-order valence-corrected chi connectivity index (χ4v) is 2.98. The van der Waals surface area contributed by atoms with Gasteiger partial charge >= 0.3 is 5.97 Å². The highest BCUT2D eigenvalue weighted by molar-refractivity contribution is 7.08. The van der Waals surface area contributed by atoms with Crippen LogP contribution in [0.4, 0.5) is 0 Å². The van der Waals surface area contributed by atoms with Crippen LogP contribution in [0.1, 0.15) is 39.5 Å². The number of esters is 1. The molecule has 0 aliphatic carbocycles. The summed E-state index contributed by atoms with van der Waals surface area (Å²) in [6.07, 6.45) is 3.58. The van der Waals surface area contributed by atoms with Crippen LogP contribution in [0.2, 0.25) is 0 Å². The van der Waals surface area contributed by atoms with Gasteiger partial charge in [0.05, 0.1) is 5.92 Å². The summed E-state index contributed by atoms with van der Waals surface area (Å²) in [5.41, 5.74) is 0. The lowest BCUT2D eigenvalue weighted by Gasteiger charge is -2.25. The maximum atomic E-state index is 12.0. The van der Waals surface area contributed by atoms with E-state index >= 15 is 0 Å². The molecule has 0 aromatic carbocycles. The molecule has 4 nitrogen and oxygen atoms in total. The van der Waals surface area contributed by atoms with E-state index in [1.165, 1.54) is 0 Å². The average Bonchev–Trinajstić information content (AvgIpc) is 2.92. The van der Waals surface area contributed by atoms with Crippen LogP contribution in [0.15, 0.2) is 10.8 Å². The first-order valence-corrected chi connectivity index (χ1v) is 8.21. The van der Waals surface area contributed by atoms with E-state index in [2.05, 4.69) is 13.8 Å². The number of hydrogen-bond donors (Lipinski definition) is 0. The van der Waals surface area contributed by atoms with Crippen LogP contribution in [0, 0.1) is 5.92 Å². The van der Waals surface area contributed by atoms with Crippen molar-refractivity contribution in [2.75, 3.05) is 13.2 Å². The standard InChI is InChI=1S/C15H22O4S/c1-3-5-11(6-4-2)15(16)18-8-12-7-17-13-9-20-10-14(13)19-12/h9-12H,3-8H2,1-2H3. The monoisotopic (exact) mass is 298 g/mol. The van der Waals surface area contributed by atoms with Crippen molar-refractivity contribution in [2.45, 2.75) is 45.6 Å². The maximum absolute atomic E-state index is 12.0. The lowest BCUT2D eigenvalue weighted by Crippen LogP contribution is -2.34. The molecular formula is C15H22O4S. The van der Waals surface area contributed by atoms with Crippen molar-refractivity contribution in [3.63, 3.8) is 0 Å². The Morgan fingerprint density at radius 1 is 1.35 bits per heavy atom. The summed E-state index contributed by atoms with van der Waals surface area (Å²) >= 11 is 1.54. The predicted octanol–water partition coefficient (Wildman–Crippen LogP) is 3.65. The summed E-state index contributed by atoms with van der Waals surface area (Å²) in [4.78, 5) is 12.0. The van der Waals surface area contributed by atoms with Gasteiger partial charge in [0.2, 0.25) is 0 Å². The lowest BCUT2D eigenvalue weighted by molar-refractivity contribution is -0.152. The molecule has 0 fully saturated rings. The Morgan fingerprint density at radius 2 is 2.05 bits per heavy atom. The number of fused-ring (bicyclic) bond motifs is 1. The van der Waals surface area contributed by atoms with Crippen LogP contribution >= 0.6 is 11.3 Å². The summed E-state index contributed by atoms with van der Waals surface area (Å²) in [6.45, 7) is 4.87. The third-order valence-corrected chi connectivity index (χ3v) is 4.03. The Hall–Kier alpha value is -1.23. The van der Waals surface area contributed by atoms with Crippen LogP contribution in [0.5, 0.6) is 11.5 Å². The maximum Gasteiger partial charge on any atom is 0.309 e. The van der Waals surface area contributed by atoms with E-state index in [-0.39, 0.29) is 24.6 Å². The number of ether oxygens (including phenoxy) is 3. The molecule has 2 heterocycles. The van der Waals surface area contributed by atoms with E-state index < -0.39 is 0 Å². The molecule has 0 saturated carbocycles. The summed E-state index contributed by atoms with van der Waals surface area (Å²) in [6, 6.07) is 0. The summed E-state index contributed by atoms with van der Waals surface area (Å²) in [5, 5.41) is 3.82. The van der Waals surface area contributed by atoms with E-state index in [0.29, 0.717) is 6.61 Å². The van der Waals surface area contributed by atoms with Crippen molar-refractivity contribution < 1.29 is 19.0 Å². The molecule has 20 heavy (non-hydrogen) atoms. The first-order valence-electron chi connectivity index (χ1n) is 7.26. The Labute approximate surface area is 124 Å². The quantitative estimate of drug-likeness (QED) is 0.721. The number of carbonyl (C=O) groups excluding carboxylic acids is 1. The highest BCUT2D eigenvalue weighted by atomic mass is 32.1. The molecule has 1 atom stereocenters. The molecule has 112 valence electrons. The van der Waals surface area contributed by atoms with Gasteiger partial charge in [-0.1, -0.05) is 26.7 Å². The molecular weight excluding hydrogens is 276 g/mol. The Morgan fingerprint density at radius 3 is 2.75 bits per heavy atom. The van der Waals surface area contributed by atoms with Gasteiger partial charge in [0.1, 0.15) is 13.2 Å². The zero-order chi connectivity index (χ0) is 14.4. The fraction of sp³-hybridized carbons (Fsp3) is 0.667. The van der Waals surface area contributed by atoms with Gasteiger partial charge < -0.3 is 14.2 Å². The third kappa shape index (κ3) is 3.88. The third-order valence-electron chi connectivity index (χ3n) is 3.33. The minimum Gasteiger partial charge on any atom is -0.485 e. The highest BCUT2D eigenvalue weighted by Crippen LogP contribution is 2.35. The van der Waals surface area contributed by atoms with E-state index in [4.69, 9.17) is 14.2 Å². The van der Waals surface area contributed by atoms with Crippen molar-refractivity contribution in [1.82, 2.24) is 0 Å². The van der Waals surface area contributed by atoms with Crippen molar-refractivity contribution in [3.8, 4) is 11.5 Å². The van der Waals surface area contributed by atoms with Crippen LogP contribution in [0.3, 0.4) is 0 Å². The zero-order valence-electron chi connectivity index (χ0n) is 12.1. The Balaban J connectivity index is 1.78. The summed E-state index contributed by atoms with van der Waals surface area (Å²) in [7, 11) is 0. The van der Waals surface area contributed by atoms with Gasteiger partial charge in [-0.05, 0) is 12.8 Å². The Bertz CT molecular complexity index is 423. The van der Waals surface area contributed by atoms with E-state index in [0.717, 1.165) is 37.2 Å². The Kier molecular flexibility index (Phi) is 5.71. The van der Waals surface area contributed by atoms with Crippen LogP contribution in [-0.4, -0.2) is 25.3 Å². The average molecular weight is 298 g/mol. The van der Waals surface area contributed by atoms with Crippen LogP contribution in [-0.2, 0) is 9.53 Å². The zero-order valence-corrected chi connectivity index (χ0v) is 12.9. The normalized spacial score (nSPS) is 17.2. The molecule has 2 rings (SSSR count). The van der Waals surface area contributed by atoms with Gasteiger partial charge in [0.25, 0.3) is 0 Å². The molecule has 0 saturated heterocycles. The number of rotatable bonds is 7. The highest BCUT2D eigenvalue weighted by Gasteiger charge is 2.25. The smallest absolute Gasteiger partial charge is 0.309 e. The van der Waals surface area contributed by atoms with Crippen molar-refractivity contribution in [3.05, 3.63) is 10.8 Å². The first-order chi connectivity index (χ1) is 9.74. The summed E-state index contributed by atoms with van der Waals surface area (Å²) in [5.74, 6) is 1.45. The SMILES string of the molecule is CCCC(CCC)C(=O)OCC1COc2cscc2O1. The largest absolute Gasteiger partial charge is 0.485 e. The molecule has 5 heteroatoms. The first kappa shape index (κ1) is 15.2. The van der Waals surface area contributed by atoms with Crippen molar-refractivity contribution >= 4 is 17.3 Å². The van der Waals surface area contributed by atoms with Crippen molar-refractivity contribution in [2.24, 2.45) is 5.92 Å². The molecule has 0 radical (unpaired) electrons. The summed E-state index contributed by atoms with van der Waals surface area (Å²) < 4.78 is 16.7. The molecule has 1 aliphatic rings. The predicted molar refractivity (Wildman–Crippen MR) is 78.5 cm³/mol.